The highest BCUT2D eigenvalue weighted by Gasteiger charge is 2.43. The molecular weight excluding hydrogens is 343 g/mol. The van der Waals surface area contributed by atoms with Gasteiger partial charge in [-0.05, 0) is 67.6 Å². The van der Waals surface area contributed by atoms with E-state index in [4.69, 9.17) is 0 Å². The van der Waals surface area contributed by atoms with Crippen LogP contribution in [0.2, 0.25) is 0 Å². The second-order valence-corrected chi connectivity index (χ2v) is 7.22. The highest BCUT2D eigenvalue weighted by Crippen LogP contribution is 2.36. The molecule has 0 unspecified atom stereocenters. The maximum atomic E-state index is 13.4. The summed E-state index contributed by atoms with van der Waals surface area (Å²) in [6.45, 7) is 5.38. The summed E-state index contributed by atoms with van der Waals surface area (Å²) in [4.78, 5) is 29.9. The normalized spacial score (nSPS) is 17.4. The number of imide groups is 1. The number of hydrogen-bond acceptors (Lipinski definition) is 3. The molecule has 138 valence electrons. The number of amides is 2. The van der Waals surface area contributed by atoms with Gasteiger partial charge in [0.1, 0.15) is 11.5 Å². The average Bonchev–Trinajstić information content (AvgIpc) is 3.21. The number of anilines is 1. The lowest BCUT2D eigenvalue weighted by atomic mass is 10.0. The van der Waals surface area contributed by atoms with Crippen LogP contribution < -0.4 is 4.90 Å². The highest BCUT2D eigenvalue weighted by molar-refractivity contribution is 6.45. The Morgan fingerprint density at radius 2 is 1.44 bits per heavy atom. The quantitative estimate of drug-likeness (QED) is 0.778. The van der Waals surface area contributed by atoms with E-state index in [1.807, 2.05) is 36.9 Å². The molecule has 2 heterocycles. The van der Waals surface area contributed by atoms with Crippen molar-refractivity contribution in [2.24, 2.45) is 0 Å². The van der Waals surface area contributed by atoms with Crippen molar-refractivity contribution >= 4 is 23.1 Å². The van der Waals surface area contributed by atoms with Crippen molar-refractivity contribution < 1.29 is 14.0 Å². The number of rotatable bonds is 3. The minimum atomic E-state index is -0.370. The fraction of sp³-hybridized carbons (Fsp3) is 0.273. The average molecular weight is 364 g/mol. The van der Waals surface area contributed by atoms with E-state index in [0.717, 1.165) is 37.1 Å². The van der Waals surface area contributed by atoms with Gasteiger partial charge in [-0.3, -0.25) is 9.59 Å². The van der Waals surface area contributed by atoms with Crippen LogP contribution in [0.3, 0.4) is 0 Å². The second-order valence-electron chi connectivity index (χ2n) is 7.22. The van der Waals surface area contributed by atoms with Crippen LogP contribution in [-0.2, 0) is 9.59 Å². The summed E-state index contributed by atoms with van der Waals surface area (Å²) in [6.07, 6.45) is 1.98. The second kappa shape index (κ2) is 6.65. The Bertz CT molecular complexity index is 937. The van der Waals surface area contributed by atoms with Crippen LogP contribution in [-0.4, -0.2) is 29.8 Å². The summed E-state index contributed by atoms with van der Waals surface area (Å²) in [7, 11) is 0. The summed E-state index contributed by atoms with van der Waals surface area (Å²) in [5.74, 6) is -1.02. The third-order valence-corrected chi connectivity index (χ3v) is 5.08. The minimum absolute atomic E-state index is 0.300. The van der Waals surface area contributed by atoms with Crippen molar-refractivity contribution in [3.63, 3.8) is 0 Å². The van der Waals surface area contributed by atoms with Gasteiger partial charge in [0.25, 0.3) is 11.8 Å². The summed E-state index contributed by atoms with van der Waals surface area (Å²) in [6, 6.07) is 11.5. The van der Waals surface area contributed by atoms with Gasteiger partial charge in [0, 0.05) is 13.1 Å². The van der Waals surface area contributed by atoms with Gasteiger partial charge in [-0.25, -0.2) is 9.29 Å². The van der Waals surface area contributed by atoms with Gasteiger partial charge in [-0.2, -0.15) is 0 Å². The van der Waals surface area contributed by atoms with Crippen LogP contribution in [0.25, 0.3) is 5.57 Å². The Hall–Kier alpha value is -2.95. The lowest BCUT2D eigenvalue weighted by molar-refractivity contribution is -0.120. The number of benzene rings is 2. The Kier molecular flexibility index (Phi) is 4.30. The van der Waals surface area contributed by atoms with Gasteiger partial charge < -0.3 is 4.90 Å². The molecule has 0 atom stereocenters. The standard InChI is InChI=1S/C22H21FN2O2/c1-14-11-15(2)13-18(12-14)25-21(26)19(16-5-7-17(23)8-6-16)20(22(25)27)24-9-3-4-10-24/h5-8,11-13H,3-4,9-10H2,1-2H3. The first-order valence-corrected chi connectivity index (χ1v) is 9.18. The summed E-state index contributed by atoms with van der Waals surface area (Å²) in [5, 5.41) is 0. The van der Waals surface area contributed by atoms with Gasteiger partial charge in [0.15, 0.2) is 0 Å². The fourth-order valence-corrected chi connectivity index (χ4v) is 3.94. The predicted octanol–water partition coefficient (Wildman–Crippen LogP) is 3.82. The van der Waals surface area contributed by atoms with Crippen LogP contribution in [0.15, 0.2) is 48.2 Å². The van der Waals surface area contributed by atoms with Crippen LogP contribution in [0, 0.1) is 19.7 Å². The third kappa shape index (κ3) is 3.03. The van der Waals surface area contributed by atoms with Crippen molar-refractivity contribution in [1.29, 1.82) is 0 Å². The van der Waals surface area contributed by atoms with Crippen molar-refractivity contribution in [3.8, 4) is 0 Å². The van der Waals surface area contributed by atoms with Crippen molar-refractivity contribution in [2.75, 3.05) is 18.0 Å². The molecule has 0 N–H and O–H groups in total. The monoisotopic (exact) mass is 364 g/mol. The molecule has 2 amide bonds. The zero-order chi connectivity index (χ0) is 19.1. The molecule has 2 aromatic rings. The van der Waals surface area contributed by atoms with E-state index in [-0.39, 0.29) is 17.6 Å². The van der Waals surface area contributed by atoms with Crippen molar-refractivity contribution in [3.05, 3.63) is 70.7 Å². The first-order valence-electron chi connectivity index (χ1n) is 9.18. The molecule has 4 rings (SSSR count). The van der Waals surface area contributed by atoms with E-state index < -0.39 is 0 Å². The predicted molar refractivity (Wildman–Crippen MR) is 103 cm³/mol. The van der Waals surface area contributed by atoms with Gasteiger partial charge in [-0.15, -0.1) is 0 Å². The molecule has 1 saturated heterocycles. The Morgan fingerprint density at radius 1 is 0.852 bits per heavy atom. The number of aryl methyl sites for hydroxylation is 2. The van der Waals surface area contributed by atoms with Crippen LogP contribution in [0.5, 0.6) is 0 Å². The maximum absolute atomic E-state index is 13.4. The van der Waals surface area contributed by atoms with Crippen LogP contribution in [0.1, 0.15) is 29.5 Å². The number of carbonyl (C=O) groups is 2. The fourth-order valence-electron chi connectivity index (χ4n) is 3.94. The number of hydrogen-bond donors (Lipinski definition) is 0. The molecule has 2 aliphatic heterocycles. The summed E-state index contributed by atoms with van der Waals surface area (Å²) in [5.41, 5.74) is 3.93. The summed E-state index contributed by atoms with van der Waals surface area (Å²) >= 11 is 0. The molecular formula is C22H21FN2O2. The third-order valence-electron chi connectivity index (χ3n) is 5.08. The lowest BCUT2D eigenvalue weighted by Crippen LogP contribution is -2.34. The molecule has 4 nitrogen and oxygen atoms in total. The zero-order valence-electron chi connectivity index (χ0n) is 15.5. The highest BCUT2D eigenvalue weighted by atomic mass is 19.1. The molecule has 2 aromatic carbocycles. The van der Waals surface area contributed by atoms with E-state index in [1.54, 1.807) is 12.1 Å². The molecule has 1 fully saturated rings. The van der Waals surface area contributed by atoms with E-state index in [9.17, 15) is 14.0 Å². The van der Waals surface area contributed by atoms with E-state index in [1.165, 1.54) is 17.0 Å². The van der Waals surface area contributed by atoms with Crippen molar-refractivity contribution in [2.45, 2.75) is 26.7 Å². The molecule has 0 aliphatic carbocycles. The number of likely N-dealkylation sites (tertiary alicyclic amines) is 1. The molecule has 2 aliphatic rings. The Labute approximate surface area is 157 Å². The van der Waals surface area contributed by atoms with Crippen molar-refractivity contribution in [1.82, 2.24) is 4.90 Å². The number of halogens is 1. The van der Waals surface area contributed by atoms with Gasteiger partial charge in [-0.1, -0.05) is 18.2 Å². The van der Waals surface area contributed by atoms with E-state index >= 15 is 0 Å². The minimum Gasteiger partial charge on any atom is -0.366 e. The van der Waals surface area contributed by atoms with E-state index in [0.29, 0.717) is 22.5 Å². The SMILES string of the molecule is Cc1cc(C)cc(N2C(=O)C(c3ccc(F)cc3)=C(N3CCCC3)C2=O)c1. The zero-order valence-corrected chi connectivity index (χ0v) is 15.5. The first-order chi connectivity index (χ1) is 13.0. The maximum Gasteiger partial charge on any atom is 0.282 e. The molecule has 0 spiro atoms. The number of nitrogens with zero attached hydrogens (tertiary/aromatic N) is 2. The van der Waals surface area contributed by atoms with Crippen LogP contribution in [0.4, 0.5) is 10.1 Å². The Morgan fingerprint density at radius 3 is 2.04 bits per heavy atom. The Balaban J connectivity index is 1.85. The molecule has 0 aromatic heterocycles. The topological polar surface area (TPSA) is 40.6 Å². The molecule has 27 heavy (non-hydrogen) atoms. The summed E-state index contributed by atoms with van der Waals surface area (Å²) < 4.78 is 13.4. The lowest BCUT2D eigenvalue weighted by Gasteiger charge is -2.20. The largest absolute Gasteiger partial charge is 0.366 e. The van der Waals surface area contributed by atoms with Gasteiger partial charge >= 0.3 is 0 Å². The first kappa shape index (κ1) is 17.5. The molecule has 0 saturated carbocycles. The van der Waals surface area contributed by atoms with Gasteiger partial charge in [0.2, 0.25) is 0 Å². The molecule has 5 heteroatoms. The van der Waals surface area contributed by atoms with Gasteiger partial charge in [0.05, 0.1) is 11.3 Å². The molecule has 0 bridgehead atoms. The van der Waals surface area contributed by atoms with Crippen LogP contribution >= 0.6 is 0 Å². The van der Waals surface area contributed by atoms with E-state index in [2.05, 4.69) is 0 Å². The smallest absolute Gasteiger partial charge is 0.282 e. The number of carbonyl (C=O) groups excluding carboxylic acids is 2. The molecule has 0 radical (unpaired) electrons.